The summed E-state index contributed by atoms with van der Waals surface area (Å²) in [7, 11) is 3.40. The van der Waals surface area contributed by atoms with Gasteiger partial charge in [-0.05, 0) is 37.1 Å². The van der Waals surface area contributed by atoms with E-state index in [1.807, 2.05) is 55.5 Å². The molecular weight excluding hydrogens is 479 g/mol. The normalized spacial score (nSPS) is 11.8. The minimum atomic E-state index is -0.0388. The number of ether oxygens (including phenoxy) is 1. The topological polar surface area (TPSA) is 74.8 Å². The zero-order valence-electron chi connectivity index (χ0n) is 17.5. The van der Waals surface area contributed by atoms with Gasteiger partial charge in [0.05, 0.1) is 7.11 Å². The van der Waals surface area contributed by atoms with Gasteiger partial charge in [0, 0.05) is 37.3 Å². The number of aliphatic imine (C=N–C) groups is 1. The van der Waals surface area contributed by atoms with Crippen LogP contribution in [0.2, 0.25) is 0 Å². The maximum absolute atomic E-state index is 12.1. The fourth-order valence-electron chi connectivity index (χ4n) is 2.62. The SMILES string of the molecule is CCC(C)NC(=O)c1ccc(CNC(=NC)NCc2ccccc2OC)cc1.I. The highest BCUT2D eigenvalue weighted by molar-refractivity contribution is 14.0. The summed E-state index contributed by atoms with van der Waals surface area (Å²) in [5, 5.41) is 9.54. The number of rotatable bonds is 8. The van der Waals surface area contributed by atoms with Gasteiger partial charge in [0.15, 0.2) is 5.96 Å². The van der Waals surface area contributed by atoms with Crippen molar-refractivity contribution in [3.05, 3.63) is 65.2 Å². The molecule has 1 amide bonds. The first-order chi connectivity index (χ1) is 13.6. The molecule has 7 heteroatoms. The largest absolute Gasteiger partial charge is 0.496 e. The van der Waals surface area contributed by atoms with E-state index in [1.54, 1.807) is 14.2 Å². The number of nitrogens with one attached hydrogen (secondary N) is 3. The Labute approximate surface area is 190 Å². The Bertz CT molecular complexity index is 794. The van der Waals surface area contributed by atoms with Crippen LogP contribution in [0.4, 0.5) is 0 Å². The van der Waals surface area contributed by atoms with Crippen molar-refractivity contribution in [2.24, 2.45) is 4.99 Å². The summed E-state index contributed by atoms with van der Waals surface area (Å²) in [5.41, 5.74) is 2.80. The predicted octanol–water partition coefficient (Wildman–Crippen LogP) is 3.71. The molecule has 0 aliphatic rings. The third-order valence-corrected chi connectivity index (χ3v) is 4.53. The van der Waals surface area contributed by atoms with E-state index in [9.17, 15) is 4.79 Å². The quantitative estimate of drug-likeness (QED) is 0.288. The molecule has 0 spiro atoms. The van der Waals surface area contributed by atoms with Crippen molar-refractivity contribution in [1.29, 1.82) is 0 Å². The fourth-order valence-corrected chi connectivity index (χ4v) is 2.62. The van der Waals surface area contributed by atoms with Crippen LogP contribution in [0, 0.1) is 0 Å². The van der Waals surface area contributed by atoms with E-state index in [4.69, 9.17) is 4.74 Å². The Balaban J connectivity index is 0.00000420. The number of methoxy groups -OCH3 is 1. The Morgan fingerprint density at radius 3 is 2.34 bits per heavy atom. The monoisotopic (exact) mass is 510 g/mol. The Morgan fingerprint density at radius 1 is 1.07 bits per heavy atom. The summed E-state index contributed by atoms with van der Waals surface area (Å²) in [6.45, 7) is 5.27. The van der Waals surface area contributed by atoms with E-state index in [-0.39, 0.29) is 35.9 Å². The lowest BCUT2D eigenvalue weighted by molar-refractivity contribution is 0.0939. The third-order valence-electron chi connectivity index (χ3n) is 4.53. The molecule has 6 nitrogen and oxygen atoms in total. The van der Waals surface area contributed by atoms with Crippen LogP contribution in [0.25, 0.3) is 0 Å². The number of guanidine groups is 1. The van der Waals surface area contributed by atoms with Gasteiger partial charge in [-0.15, -0.1) is 24.0 Å². The highest BCUT2D eigenvalue weighted by Crippen LogP contribution is 2.16. The molecular formula is C22H31IN4O2. The van der Waals surface area contributed by atoms with Crippen molar-refractivity contribution >= 4 is 35.8 Å². The van der Waals surface area contributed by atoms with E-state index in [0.717, 1.165) is 23.3 Å². The summed E-state index contributed by atoms with van der Waals surface area (Å²) < 4.78 is 5.37. The average Bonchev–Trinajstić information content (AvgIpc) is 2.74. The molecule has 0 aliphatic carbocycles. The van der Waals surface area contributed by atoms with Crippen LogP contribution in [-0.2, 0) is 13.1 Å². The third kappa shape index (κ3) is 7.92. The molecule has 2 aromatic carbocycles. The molecule has 0 aliphatic heterocycles. The summed E-state index contributed by atoms with van der Waals surface area (Å²) >= 11 is 0. The van der Waals surface area contributed by atoms with Gasteiger partial charge in [-0.1, -0.05) is 37.3 Å². The van der Waals surface area contributed by atoms with Crippen LogP contribution in [0.5, 0.6) is 5.75 Å². The Morgan fingerprint density at radius 2 is 1.72 bits per heavy atom. The van der Waals surface area contributed by atoms with Crippen LogP contribution in [0.1, 0.15) is 41.8 Å². The number of hydrogen-bond acceptors (Lipinski definition) is 3. The summed E-state index contributed by atoms with van der Waals surface area (Å²) in [6.07, 6.45) is 0.911. The zero-order valence-corrected chi connectivity index (χ0v) is 19.8. The van der Waals surface area contributed by atoms with Crippen molar-refractivity contribution in [1.82, 2.24) is 16.0 Å². The van der Waals surface area contributed by atoms with Crippen LogP contribution < -0.4 is 20.7 Å². The van der Waals surface area contributed by atoms with E-state index >= 15 is 0 Å². The van der Waals surface area contributed by atoms with E-state index < -0.39 is 0 Å². The predicted molar refractivity (Wildman–Crippen MR) is 129 cm³/mol. The van der Waals surface area contributed by atoms with Crippen LogP contribution in [0.3, 0.4) is 0 Å². The van der Waals surface area contributed by atoms with Crippen molar-refractivity contribution in [3.63, 3.8) is 0 Å². The molecule has 0 aromatic heterocycles. The van der Waals surface area contributed by atoms with Gasteiger partial charge in [0.2, 0.25) is 0 Å². The number of hydrogen-bond donors (Lipinski definition) is 3. The lowest BCUT2D eigenvalue weighted by atomic mass is 10.1. The van der Waals surface area contributed by atoms with Gasteiger partial charge in [-0.25, -0.2) is 0 Å². The standard InChI is InChI=1S/C22H30N4O2.HI/c1-5-16(2)26-21(27)18-12-10-17(11-13-18)14-24-22(23-3)25-15-19-8-6-7-9-20(19)28-4;/h6-13,16H,5,14-15H2,1-4H3,(H,26,27)(H2,23,24,25);1H. The van der Waals surface area contributed by atoms with Crippen molar-refractivity contribution in [3.8, 4) is 5.75 Å². The average molecular weight is 510 g/mol. The van der Waals surface area contributed by atoms with E-state index in [0.29, 0.717) is 24.6 Å². The first-order valence-electron chi connectivity index (χ1n) is 9.53. The molecule has 2 rings (SSSR count). The van der Waals surface area contributed by atoms with Crippen LogP contribution in [0.15, 0.2) is 53.5 Å². The van der Waals surface area contributed by atoms with Gasteiger partial charge < -0.3 is 20.7 Å². The zero-order chi connectivity index (χ0) is 20.4. The molecule has 2 aromatic rings. The molecule has 0 fully saturated rings. The first-order valence-corrected chi connectivity index (χ1v) is 9.53. The summed E-state index contributed by atoms with van der Waals surface area (Å²) in [4.78, 5) is 16.4. The van der Waals surface area contributed by atoms with E-state index in [2.05, 4.69) is 27.9 Å². The van der Waals surface area contributed by atoms with Gasteiger partial charge in [-0.2, -0.15) is 0 Å². The number of amides is 1. The Kier molecular flexibility index (Phi) is 11.1. The van der Waals surface area contributed by atoms with Crippen LogP contribution >= 0.6 is 24.0 Å². The van der Waals surface area contributed by atoms with Crippen molar-refractivity contribution < 1.29 is 9.53 Å². The Hall–Kier alpha value is -2.29. The van der Waals surface area contributed by atoms with Gasteiger partial charge in [0.25, 0.3) is 5.91 Å². The number of carbonyl (C=O) groups excluding carboxylic acids is 1. The summed E-state index contributed by atoms with van der Waals surface area (Å²) in [6, 6.07) is 15.6. The second-order valence-electron chi connectivity index (χ2n) is 6.57. The lowest BCUT2D eigenvalue weighted by Gasteiger charge is -2.14. The molecule has 3 N–H and O–H groups in total. The molecule has 0 bridgehead atoms. The maximum Gasteiger partial charge on any atom is 0.251 e. The second-order valence-corrected chi connectivity index (χ2v) is 6.57. The molecule has 0 heterocycles. The maximum atomic E-state index is 12.1. The molecule has 158 valence electrons. The van der Waals surface area contributed by atoms with Gasteiger partial charge >= 0.3 is 0 Å². The minimum Gasteiger partial charge on any atom is -0.496 e. The number of para-hydroxylation sites is 1. The highest BCUT2D eigenvalue weighted by Gasteiger charge is 2.08. The van der Waals surface area contributed by atoms with Crippen molar-refractivity contribution in [2.45, 2.75) is 39.4 Å². The molecule has 0 saturated heterocycles. The molecule has 1 unspecified atom stereocenters. The lowest BCUT2D eigenvalue weighted by Crippen LogP contribution is -2.36. The fraction of sp³-hybridized carbons (Fsp3) is 0.364. The molecule has 29 heavy (non-hydrogen) atoms. The number of nitrogens with zero attached hydrogens (tertiary/aromatic N) is 1. The number of benzene rings is 2. The van der Waals surface area contributed by atoms with E-state index in [1.165, 1.54) is 0 Å². The van der Waals surface area contributed by atoms with Crippen molar-refractivity contribution in [2.75, 3.05) is 14.2 Å². The smallest absolute Gasteiger partial charge is 0.251 e. The minimum absolute atomic E-state index is 0. The number of carbonyl (C=O) groups is 1. The molecule has 0 saturated carbocycles. The molecule has 1 atom stereocenters. The second kappa shape index (κ2) is 13.0. The highest BCUT2D eigenvalue weighted by atomic mass is 127. The first kappa shape index (κ1) is 24.7. The van der Waals surface area contributed by atoms with Gasteiger partial charge in [-0.3, -0.25) is 9.79 Å². The summed E-state index contributed by atoms with van der Waals surface area (Å²) in [5.74, 6) is 1.50. The number of halogens is 1. The van der Waals surface area contributed by atoms with Gasteiger partial charge in [0.1, 0.15) is 5.75 Å². The van der Waals surface area contributed by atoms with Crippen LogP contribution in [-0.4, -0.2) is 32.1 Å². The molecule has 0 radical (unpaired) electrons.